The lowest BCUT2D eigenvalue weighted by atomic mass is 9.90. The van der Waals surface area contributed by atoms with E-state index in [-0.39, 0.29) is 22.9 Å². The van der Waals surface area contributed by atoms with Gasteiger partial charge in [0, 0.05) is 30.7 Å². The van der Waals surface area contributed by atoms with Crippen LogP contribution < -0.4 is 10.5 Å². The topological polar surface area (TPSA) is 92.5 Å². The van der Waals surface area contributed by atoms with Gasteiger partial charge in [0.25, 0.3) is 5.91 Å². The largest absolute Gasteiger partial charge is 0.339 e. The number of benzene rings is 1. The van der Waals surface area contributed by atoms with Gasteiger partial charge in [-0.2, -0.15) is 0 Å². The molecule has 0 aromatic heterocycles. The summed E-state index contributed by atoms with van der Waals surface area (Å²) in [4.78, 5) is 14.6. The van der Waals surface area contributed by atoms with Crippen LogP contribution in [-0.4, -0.2) is 44.4 Å². The average Bonchev–Trinajstić information content (AvgIpc) is 2.53. The summed E-state index contributed by atoms with van der Waals surface area (Å²) in [5.41, 5.74) is 6.33. The number of amides is 1. The van der Waals surface area contributed by atoms with E-state index >= 15 is 0 Å². The Balaban J connectivity index is 2.13. The second-order valence-electron chi connectivity index (χ2n) is 6.79. The molecule has 6 nitrogen and oxygen atoms in total. The molecule has 1 saturated heterocycles. The van der Waals surface area contributed by atoms with Gasteiger partial charge < -0.3 is 10.6 Å². The van der Waals surface area contributed by atoms with Crippen molar-refractivity contribution >= 4 is 15.9 Å². The number of carbonyl (C=O) groups excluding carboxylic acids is 1. The zero-order valence-corrected chi connectivity index (χ0v) is 15.3. The maximum Gasteiger partial charge on any atom is 0.253 e. The number of sulfonamides is 1. The second kappa shape index (κ2) is 7.63. The van der Waals surface area contributed by atoms with Crippen molar-refractivity contribution in [3.05, 3.63) is 29.8 Å². The zero-order chi connectivity index (χ0) is 17.9. The summed E-state index contributed by atoms with van der Waals surface area (Å²) in [5, 5.41) is 0. The highest BCUT2D eigenvalue weighted by Crippen LogP contribution is 2.22. The molecule has 1 aromatic rings. The Labute approximate surface area is 144 Å². The fourth-order valence-electron chi connectivity index (χ4n) is 2.99. The van der Waals surface area contributed by atoms with E-state index in [4.69, 9.17) is 5.73 Å². The van der Waals surface area contributed by atoms with Crippen LogP contribution in [0.25, 0.3) is 0 Å². The van der Waals surface area contributed by atoms with Gasteiger partial charge in [-0.25, -0.2) is 13.1 Å². The SMILES string of the molecule is CC(C)NS(=O)(=O)c1cccc(C(=O)N2CCC(C(C)N)CC2)c1. The Kier molecular flexibility index (Phi) is 6.01. The van der Waals surface area contributed by atoms with E-state index in [1.165, 1.54) is 12.1 Å². The molecule has 3 N–H and O–H groups in total. The van der Waals surface area contributed by atoms with Crippen molar-refractivity contribution in [2.24, 2.45) is 11.7 Å². The molecule has 1 aliphatic rings. The van der Waals surface area contributed by atoms with Crippen LogP contribution in [0, 0.1) is 5.92 Å². The molecule has 1 aromatic carbocycles. The highest BCUT2D eigenvalue weighted by Gasteiger charge is 2.26. The van der Waals surface area contributed by atoms with Crippen LogP contribution in [0.2, 0.25) is 0 Å². The van der Waals surface area contributed by atoms with Gasteiger partial charge in [0.05, 0.1) is 4.90 Å². The minimum absolute atomic E-state index is 0.118. The Hall–Kier alpha value is -1.44. The molecule has 0 spiro atoms. The van der Waals surface area contributed by atoms with E-state index in [9.17, 15) is 13.2 Å². The number of nitrogens with one attached hydrogen (secondary N) is 1. The summed E-state index contributed by atoms with van der Waals surface area (Å²) in [6, 6.07) is 6.16. The second-order valence-corrected chi connectivity index (χ2v) is 8.51. The van der Waals surface area contributed by atoms with Crippen LogP contribution in [0.15, 0.2) is 29.2 Å². The summed E-state index contributed by atoms with van der Waals surface area (Å²) in [6.07, 6.45) is 1.77. The van der Waals surface area contributed by atoms with E-state index in [0.717, 1.165) is 12.8 Å². The van der Waals surface area contributed by atoms with Crippen molar-refractivity contribution in [3.63, 3.8) is 0 Å². The highest BCUT2D eigenvalue weighted by atomic mass is 32.2. The van der Waals surface area contributed by atoms with E-state index in [1.54, 1.807) is 30.9 Å². The predicted molar refractivity (Wildman–Crippen MR) is 94.2 cm³/mol. The number of nitrogens with two attached hydrogens (primary N) is 1. The van der Waals surface area contributed by atoms with E-state index in [1.807, 2.05) is 6.92 Å². The number of piperidine rings is 1. The fourth-order valence-corrected chi connectivity index (χ4v) is 4.28. The third-order valence-electron chi connectivity index (χ3n) is 4.35. The average molecular weight is 353 g/mol. The smallest absolute Gasteiger partial charge is 0.253 e. The van der Waals surface area contributed by atoms with Crippen LogP contribution >= 0.6 is 0 Å². The standard InChI is InChI=1S/C17H27N3O3S/c1-12(2)19-24(22,23)16-6-4-5-15(11-16)17(21)20-9-7-14(8-10-20)13(3)18/h4-6,11-14,19H,7-10,18H2,1-3H3. The molecule has 1 fully saturated rings. The molecule has 0 radical (unpaired) electrons. The number of hydrogen-bond acceptors (Lipinski definition) is 4. The lowest BCUT2D eigenvalue weighted by Crippen LogP contribution is -2.42. The van der Waals surface area contributed by atoms with Gasteiger partial charge in [-0.05, 0) is 57.7 Å². The molecule has 134 valence electrons. The summed E-state index contributed by atoms with van der Waals surface area (Å²) < 4.78 is 27.1. The fraction of sp³-hybridized carbons (Fsp3) is 0.588. The Bertz CT molecular complexity index is 678. The van der Waals surface area contributed by atoms with Crippen molar-refractivity contribution in [2.75, 3.05) is 13.1 Å². The lowest BCUT2D eigenvalue weighted by Gasteiger charge is -2.33. The maximum absolute atomic E-state index is 12.7. The highest BCUT2D eigenvalue weighted by molar-refractivity contribution is 7.89. The molecular formula is C17H27N3O3S. The van der Waals surface area contributed by atoms with E-state index in [2.05, 4.69) is 4.72 Å². The monoisotopic (exact) mass is 353 g/mol. The van der Waals surface area contributed by atoms with Crippen LogP contribution in [-0.2, 0) is 10.0 Å². The minimum atomic E-state index is -3.60. The third-order valence-corrected chi connectivity index (χ3v) is 6.01. The third kappa shape index (κ3) is 4.55. The van der Waals surface area contributed by atoms with Gasteiger partial charge in [0.15, 0.2) is 0 Å². The molecule has 1 amide bonds. The first-order valence-electron chi connectivity index (χ1n) is 8.38. The first-order valence-corrected chi connectivity index (χ1v) is 9.86. The number of carbonyl (C=O) groups is 1. The normalized spacial score (nSPS) is 18.0. The van der Waals surface area contributed by atoms with Crippen molar-refractivity contribution in [3.8, 4) is 0 Å². The number of nitrogens with zero attached hydrogens (tertiary/aromatic N) is 1. The first kappa shape index (κ1) is 18.9. The van der Waals surface area contributed by atoms with Gasteiger partial charge in [0.1, 0.15) is 0 Å². The summed E-state index contributed by atoms with van der Waals surface area (Å²) in [6.45, 7) is 6.83. The molecule has 0 saturated carbocycles. The molecule has 1 atom stereocenters. The summed E-state index contributed by atoms with van der Waals surface area (Å²) >= 11 is 0. The van der Waals surface area contributed by atoms with Crippen molar-refractivity contribution in [1.29, 1.82) is 0 Å². The van der Waals surface area contributed by atoms with Gasteiger partial charge in [-0.1, -0.05) is 6.07 Å². The molecule has 2 rings (SSSR count). The van der Waals surface area contributed by atoms with E-state index in [0.29, 0.717) is 24.6 Å². The van der Waals surface area contributed by atoms with Gasteiger partial charge in [-0.15, -0.1) is 0 Å². The maximum atomic E-state index is 12.7. The van der Waals surface area contributed by atoms with Gasteiger partial charge >= 0.3 is 0 Å². The van der Waals surface area contributed by atoms with Crippen LogP contribution in [0.1, 0.15) is 44.0 Å². The molecule has 1 heterocycles. The molecule has 24 heavy (non-hydrogen) atoms. The zero-order valence-electron chi connectivity index (χ0n) is 14.5. The van der Waals surface area contributed by atoms with Crippen LogP contribution in [0.4, 0.5) is 0 Å². The molecule has 1 unspecified atom stereocenters. The minimum Gasteiger partial charge on any atom is -0.339 e. The Morgan fingerprint density at radius 3 is 2.42 bits per heavy atom. The Morgan fingerprint density at radius 1 is 1.25 bits per heavy atom. The quantitative estimate of drug-likeness (QED) is 0.840. The van der Waals surface area contributed by atoms with Gasteiger partial charge in [0.2, 0.25) is 10.0 Å². The molecule has 0 bridgehead atoms. The Morgan fingerprint density at radius 2 is 1.88 bits per heavy atom. The molecule has 1 aliphatic heterocycles. The number of rotatable bonds is 5. The predicted octanol–water partition coefficient (Wildman–Crippen LogP) is 1.57. The first-order chi connectivity index (χ1) is 11.2. The summed E-state index contributed by atoms with van der Waals surface area (Å²) in [7, 11) is -3.60. The van der Waals surface area contributed by atoms with Crippen LogP contribution in [0.3, 0.4) is 0 Å². The van der Waals surface area contributed by atoms with Crippen molar-refractivity contribution in [2.45, 2.75) is 50.6 Å². The van der Waals surface area contributed by atoms with Crippen LogP contribution in [0.5, 0.6) is 0 Å². The molecule has 0 aliphatic carbocycles. The lowest BCUT2D eigenvalue weighted by molar-refractivity contribution is 0.0680. The number of hydrogen-bond donors (Lipinski definition) is 2. The van der Waals surface area contributed by atoms with Crippen molar-refractivity contribution in [1.82, 2.24) is 9.62 Å². The number of likely N-dealkylation sites (tertiary alicyclic amines) is 1. The summed E-state index contributed by atoms with van der Waals surface area (Å²) in [5.74, 6) is 0.315. The molecule has 7 heteroatoms. The van der Waals surface area contributed by atoms with E-state index < -0.39 is 10.0 Å². The van der Waals surface area contributed by atoms with Crippen molar-refractivity contribution < 1.29 is 13.2 Å². The molecular weight excluding hydrogens is 326 g/mol. The van der Waals surface area contributed by atoms with Gasteiger partial charge in [-0.3, -0.25) is 4.79 Å².